The molecule has 4 nitrogen and oxygen atoms in total. The summed E-state index contributed by atoms with van der Waals surface area (Å²) in [5, 5.41) is 0. The van der Waals surface area contributed by atoms with E-state index in [9.17, 15) is 0 Å². The minimum absolute atomic E-state index is 0.0237. The second-order valence-electron chi connectivity index (χ2n) is 4.31. The number of ether oxygens (including phenoxy) is 3. The third kappa shape index (κ3) is 3.23. The molecular formula is C13H18BrNO3. The largest absolute Gasteiger partial charge is 0.486 e. The molecule has 1 aromatic carbocycles. The Morgan fingerprint density at radius 2 is 2.11 bits per heavy atom. The van der Waals surface area contributed by atoms with Gasteiger partial charge in [-0.15, -0.1) is 0 Å². The minimum Gasteiger partial charge on any atom is -0.486 e. The molecule has 1 aromatic rings. The third-order valence-electron chi connectivity index (χ3n) is 3.01. The van der Waals surface area contributed by atoms with Crippen LogP contribution < -0.4 is 10.5 Å². The molecule has 5 heteroatoms. The van der Waals surface area contributed by atoms with E-state index in [1.54, 1.807) is 7.11 Å². The maximum atomic E-state index is 5.93. The standard InChI is InChI=1S/C13H18BrNO3/c1-16-6-7-17-13-10(15)8-12(13)18-11-5-3-2-4-9(11)14/h2-5,10,12-13H,6-8,15H2,1H3. The Balaban J connectivity index is 1.88. The Kier molecular flexibility index (Phi) is 5.00. The highest BCUT2D eigenvalue weighted by Gasteiger charge is 2.41. The summed E-state index contributed by atoms with van der Waals surface area (Å²) >= 11 is 3.46. The first-order valence-electron chi connectivity index (χ1n) is 5.99. The lowest BCUT2D eigenvalue weighted by Crippen LogP contribution is -2.59. The number of rotatable bonds is 6. The number of nitrogens with two attached hydrogens (primary N) is 1. The molecule has 1 saturated carbocycles. The topological polar surface area (TPSA) is 53.7 Å². The van der Waals surface area contributed by atoms with Crippen molar-refractivity contribution in [2.75, 3.05) is 20.3 Å². The van der Waals surface area contributed by atoms with Crippen LogP contribution in [0.3, 0.4) is 0 Å². The number of halogens is 1. The Labute approximate surface area is 116 Å². The average Bonchev–Trinajstić information content (AvgIpc) is 2.36. The molecule has 0 aromatic heterocycles. The van der Waals surface area contributed by atoms with E-state index in [4.69, 9.17) is 19.9 Å². The Morgan fingerprint density at radius 3 is 2.78 bits per heavy atom. The highest BCUT2D eigenvalue weighted by molar-refractivity contribution is 9.10. The molecule has 0 amide bonds. The summed E-state index contributed by atoms with van der Waals surface area (Å²) in [4.78, 5) is 0. The number of methoxy groups -OCH3 is 1. The first kappa shape index (κ1) is 13.8. The molecular weight excluding hydrogens is 298 g/mol. The van der Waals surface area contributed by atoms with Crippen LogP contribution in [0.4, 0.5) is 0 Å². The summed E-state index contributed by atoms with van der Waals surface area (Å²) in [6.45, 7) is 1.12. The molecule has 3 atom stereocenters. The van der Waals surface area contributed by atoms with Crippen molar-refractivity contribution in [1.29, 1.82) is 0 Å². The zero-order chi connectivity index (χ0) is 13.0. The van der Waals surface area contributed by atoms with Crippen molar-refractivity contribution in [2.24, 2.45) is 5.73 Å². The fourth-order valence-corrected chi connectivity index (χ4v) is 2.31. The van der Waals surface area contributed by atoms with Gasteiger partial charge in [-0.05, 0) is 28.1 Å². The van der Waals surface area contributed by atoms with E-state index < -0.39 is 0 Å². The predicted molar refractivity (Wildman–Crippen MR) is 72.8 cm³/mol. The van der Waals surface area contributed by atoms with Gasteiger partial charge in [0.1, 0.15) is 18.0 Å². The third-order valence-corrected chi connectivity index (χ3v) is 3.66. The van der Waals surface area contributed by atoms with Gasteiger partial charge in [0.15, 0.2) is 0 Å². The molecule has 18 heavy (non-hydrogen) atoms. The van der Waals surface area contributed by atoms with Crippen LogP contribution >= 0.6 is 15.9 Å². The number of benzene rings is 1. The molecule has 0 aliphatic heterocycles. The second-order valence-corrected chi connectivity index (χ2v) is 5.17. The van der Waals surface area contributed by atoms with Gasteiger partial charge in [0.05, 0.1) is 17.7 Å². The van der Waals surface area contributed by atoms with Gasteiger partial charge >= 0.3 is 0 Å². The lowest BCUT2D eigenvalue weighted by atomic mass is 9.86. The van der Waals surface area contributed by atoms with Crippen molar-refractivity contribution in [3.8, 4) is 5.75 Å². The maximum absolute atomic E-state index is 5.93. The Morgan fingerprint density at radius 1 is 1.33 bits per heavy atom. The van der Waals surface area contributed by atoms with Crippen LogP contribution in [0.2, 0.25) is 0 Å². The van der Waals surface area contributed by atoms with E-state index in [1.807, 2.05) is 24.3 Å². The molecule has 3 unspecified atom stereocenters. The van der Waals surface area contributed by atoms with Crippen LogP contribution in [-0.4, -0.2) is 38.6 Å². The molecule has 2 rings (SSSR count). The minimum atomic E-state index is -0.0488. The Hall–Kier alpha value is -0.620. The summed E-state index contributed by atoms with van der Waals surface area (Å²) in [6.07, 6.45) is 0.793. The molecule has 1 aliphatic rings. The summed E-state index contributed by atoms with van der Waals surface area (Å²) in [6, 6.07) is 7.83. The van der Waals surface area contributed by atoms with Gasteiger partial charge in [-0.1, -0.05) is 12.1 Å². The zero-order valence-electron chi connectivity index (χ0n) is 10.3. The van der Waals surface area contributed by atoms with Crippen LogP contribution in [0.1, 0.15) is 6.42 Å². The quantitative estimate of drug-likeness (QED) is 0.815. The number of hydrogen-bond donors (Lipinski definition) is 1. The van der Waals surface area contributed by atoms with Gasteiger partial charge in [-0.3, -0.25) is 0 Å². The average molecular weight is 316 g/mol. The van der Waals surface area contributed by atoms with E-state index in [0.29, 0.717) is 13.2 Å². The first-order valence-corrected chi connectivity index (χ1v) is 6.79. The van der Waals surface area contributed by atoms with Crippen LogP contribution in [0, 0.1) is 0 Å². The fraction of sp³-hybridized carbons (Fsp3) is 0.538. The molecule has 100 valence electrons. The Bertz CT molecular complexity index is 388. The van der Waals surface area contributed by atoms with Crippen molar-refractivity contribution in [1.82, 2.24) is 0 Å². The van der Waals surface area contributed by atoms with Crippen molar-refractivity contribution < 1.29 is 14.2 Å². The van der Waals surface area contributed by atoms with E-state index in [0.717, 1.165) is 16.6 Å². The van der Waals surface area contributed by atoms with E-state index >= 15 is 0 Å². The lowest BCUT2D eigenvalue weighted by molar-refractivity contribution is -0.107. The molecule has 0 spiro atoms. The first-order chi connectivity index (χ1) is 8.72. The summed E-state index contributed by atoms with van der Waals surface area (Å²) in [5.74, 6) is 0.828. The summed E-state index contributed by atoms with van der Waals surface area (Å²) in [7, 11) is 1.65. The van der Waals surface area contributed by atoms with Gasteiger partial charge in [0, 0.05) is 19.6 Å². The number of para-hydroxylation sites is 1. The molecule has 0 saturated heterocycles. The monoisotopic (exact) mass is 315 g/mol. The fourth-order valence-electron chi connectivity index (χ4n) is 1.93. The van der Waals surface area contributed by atoms with Crippen LogP contribution in [0.5, 0.6) is 5.75 Å². The van der Waals surface area contributed by atoms with Crippen molar-refractivity contribution in [3.05, 3.63) is 28.7 Å². The van der Waals surface area contributed by atoms with Crippen molar-refractivity contribution in [3.63, 3.8) is 0 Å². The number of hydrogen-bond acceptors (Lipinski definition) is 4. The van der Waals surface area contributed by atoms with E-state index in [-0.39, 0.29) is 18.2 Å². The highest BCUT2D eigenvalue weighted by Crippen LogP contribution is 2.31. The maximum Gasteiger partial charge on any atom is 0.134 e. The molecule has 1 aliphatic carbocycles. The molecule has 1 fully saturated rings. The van der Waals surface area contributed by atoms with Gasteiger partial charge in [0.2, 0.25) is 0 Å². The van der Waals surface area contributed by atoms with Crippen molar-refractivity contribution in [2.45, 2.75) is 24.7 Å². The van der Waals surface area contributed by atoms with Crippen molar-refractivity contribution >= 4 is 15.9 Å². The molecule has 0 heterocycles. The zero-order valence-corrected chi connectivity index (χ0v) is 11.9. The highest BCUT2D eigenvalue weighted by atomic mass is 79.9. The van der Waals surface area contributed by atoms with Crippen LogP contribution in [0.25, 0.3) is 0 Å². The van der Waals surface area contributed by atoms with Gasteiger partial charge in [-0.25, -0.2) is 0 Å². The van der Waals surface area contributed by atoms with E-state index in [2.05, 4.69) is 15.9 Å². The molecule has 0 bridgehead atoms. The second kappa shape index (κ2) is 6.52. The normalized spacial score (nSPS) is 26.7. The van der Waals surface area contributed by atoms with Gasteiger partial charge < -0.3 is 19.9 Å². The van der Waals surface area contributed by atoms with Crippen LogP contribution in [0.15, 0.2) is 28.7 Å². The molecule has 2 N–H and O–H groups in total. The predicted octanol–water partition coefficient (Wildman–Crippen LogP) is 1.96. The van der Waals surface area contributed by atoms with Crippen LogP contribution in [-0.2, 0) is 9.47 Å². The lowest BCUT2D eigenvalue weighted by Gasteiger charge is -2.41. The van der Waals surface area contributed by atoms with E-state index in [1.165, 1.54) is 0 Å². The summed E-state index contributed by atoms with van der Waals surface area (Å²) < 4.78 is 17.5. The molecule has 0 radical (unpaired) electrons. The summed E-state index contributed by atoms with van der Waals surface area (Å²) in [5.41, 5.74) is 5.93. The SMILES string of the molecule is COCCOC1C(N)CC1Oc1ccccc1Br. The van der Waals surface area contributed by atoms with Gasteiger partial charge in [0.25, 0.3) is 0 Å². The smallest absolute Gasteiger partial charge is 0.134 e. The van der Waals surface area contributed by atoms with Gasteiger partial charge in [-0.2, -0.15) is 0 Å².